The molecule has 0 heterocycles. The summed E-state index contributed by atoms with van der Waals surface area (Å²) in [6.45, 7) is 0. The van der Waals surface area contributed by atoms with Crippen LogP contribution in [0.2, 0.25) is 0 Å². The van der Waals surface area contributed by atoms with E-state index in [0.717, 1.165) is 12.1 Å². The van der Waals surface area contributed by atoms with Gasteiger partial charge in [0, 0.05) is 5.69 Å². The molecule has 0 saturated heterocycles. The number of benzene rings is 2. The Morgan fingerprint density at radius 3 is 2.37 bits per heavy atom. The molecule has 2 N–H and O–H groups in total. The molecule has 0 atom stereocenters. The molecular formula is C14H11F2NO2. The number of phenols is 1. The van der Waals surface area contributed by atoms with Gasteiger partial charge in [-0.15, -0.1) is 0 Å². The van der Waals surface area contributed by atoms with Crippen LogP contribution in [0.3, 0.4) is 0 Å². The zero-order valence-electron chi connectivity index (χ0n) is 9.86. The van der Waals surface area contributed by atoms with Gasteiger partial charge < -0.3 is 10.4 Å². The predicted octanol–water partition coefficient (Wildman–Crippen LogP) is 2.85. The maximum absolute atomic E-state index is 13.0. The van der Waals surface area contributed by atoms with Crippen molar-refractivity contribution in [3.8, 4) is 5.75 Å². The molecular weight excluding hydrogens is 252 g/mol. The third-order valence-electron chi connectivity index (χ3n) is 2.50. The molecule has 0 aliphatic rings. The SMILES string of the molecule is O=C(Cc1ccc(F)c(F)c1)Nc1ccc(O)cc1. The van der Waals surface area contributed by atoms with Crippen molar-refractivity contribution in [3.63, 3.8) is 0 Å². The zero-order valence-corrected chi connectivity index (χ0v) is 9.86. The van der Waals surface area contributed by atoms with Gasteiger partial charge in [0.2, 0.25) is 5.91 Å². The molecule has 0 bridgehead atoms. The molecule has 0 aliphatic carbocycles. The number of amides is 1. The second-order valence-electron chi connectivity index (χ2n) is 4.02. The van der Waals surface area contributed by atoms with Crippen molar-refractivity contribution >= 4 is 11.6 Å². The van der Waals surface area contributed by atoms with E-state index in [9.17, 15) is 13.6 Å². The van der Waals surface area contributed by atoms with E-state index in [-0.39, 0.29) is 18.1 Å². The number of hydrogen-bond acceptors (Lipinski definition) is 2. The fraction of sp³-hybridized carbons (Fsp3) is 0.0714. The van der Waals surface area contributed by atoms with Gasteiger partial charge in [0.15, 0.2) is 11.6 Å². The van der Waals surface area contributed by atoms with Gasteiger partial charge in [0.25, 0.3) is 0 Å². The molecule has 0 aromatic heterocycles. The van der Waals surface area contributed by atoms with Crippen LogP contribution < -0.4 is 5.32 Å². The second-order valence-corrected chi connectivity index (χ2v) is 4.02. The average molecular weight is 263 g/mol. The summed E-state index contributed by atoms with van der Waals surface area (Å²) in [5.41, 5.74) is 0.903. The third-order valence-corrected chi connectivity index (χ3v) is 2.50. The van der Waals surface area contributed by atoms with E-state index in [4.69, 9.17) is 5.11 Å². The van der Waals surface area contributed by atoms with E-state index in [1.807, 2.05) is 0 Å². The first-order chi connectivity index (χ1) is 9.04. The number of nitrogens with one attached hydrogen (secondary N) is 1. The van der Waals surface area contributed by atoms with Crippen LogP contribution in [0.5, 0.6) is 5.75 Å². The largest absolute Gasteiger partial charge is 0.508 e. The lowest BCUT2D eigenvalue weighted by Gasteiger charge is -2.05. The van der Waals surface area contributed by atoms with Crippen molar-refractivity contribution in [3.05, 3.63) is 59.7 Å². The normalized spacial score (nSPS) is 10.2. The number of aromatic hydroxyl groups is 1. The first kappa shape index (κ1) is 13.0. The Kier molecular flexibility index (Phi) is 3.75. The summed E-state index contributed by atoms with van der Waals surface area (Å²) in [6, 6.07) is 9.29. The minimum atomic E-state index is -0.977. The maximum atomic E-state index is 13.0. The van der Waals surface area contributed by atoms with Gasteiger partial charge in [0.05, 0.1) is 6.42 Å². The third kappa shape index (κ3) is 3.51. The van der Waals surface area contributed by atoms with Crippen molar-refractivity contribution in [1.82, 2.24) is 0 Å². The van der Waals surface area contributed by atoms with Crippen LogP contribution in [0, 0.1) is 11.6 Å². The minimum absolute atomic E-state index is 0.0575. The summed E-state index contributed by atoms with van der Waals surface area (Å²) in [7, 11) is 0. The first-order valence-corrected chi connectivity index (χ1v) is 5.57. The van der Waals surface area contributed by atoms with Crippen LogP contribution in [-0.4, -0.2) is 11.0 Å². The van der Waals surface area contributed by atoms with Crippen molar-refractivity contribution in [2.75, 3.05) is 5.32 Å². The number of halogens is 2. The summed E-state index contributed by atoms with van der Waals surface area (Å²) >= 11 is 0. The molecule has 2 aromatic rings. The Bertz CT molecular complexity index is 597. The monoisotopic (exact) mass is 263 g/mol. The van der Waals surface area contributed by atoms with E-state index >= 15 is 0 Å². The standard InChI is InChI=1S/C14H11F2NO2/c15-12-6-1-9(7-13(12)16)8-14(19)17-10-2-4-11(18)5-3-10/h1-7,18H,8H2,(H,17,19). The summed E-state index contributed by atoms with van der Waals surface area (Å²) in [6.07, 6.45) is -0.0575. The van der Waals surface area contributed by atoms with E-state index in [1.165, 1.54) is 18.2 Å². The molecule has 0 aliphatic heterocycles. The zero-order chi connectivity index (χ0) is 13.8. The lowest BCUT2D eigenvalue weighted by atomic mass is 10.1. The van der Waals surface area contributed by atoms with E-state index in [2.05, 4.69) is 5.32 Å². The van der Waals surface area contributed by atoms with Crippen LogP contribution in [0.1, 0.15) is 5.56 Å². The molecule has 0 radical (unpaired) electrons. The summed E-state index contributed by atoms with van der Waals surface area (Å²) in [5, 5.41) is 11.7. The van der Waals surface area contributed by atoms with Gasteiger partial charge in [-0.3, -0.25) is 4.79 Å². The highest BCUT2D eigenvalue weighted by Crippen LogP contribution is 2.14. The van der Waals surface area contributed by atoms with E-state index in [0.29, 0.717) is 11.3 Å². The molecule has 98 valence electrons. The summed E-state index contributed by atoms with van der Waals surface area (Å²) in [5.74, 6) is -2.17. The number of carbonyl (C=O) groups is 1. The van der Waals surface area contributed by atoms with Gasteiger partial charge in [-0.1, -0.05) is 6.07 Å². The smallest absolute Gasteiger partial charge is 0.228 e. The topological polar surface area (TPSA) is 49.3 Å². The van der Waals surface area contributed by atoms with Crippen LogP contribution >= 0.6 is 0 Å². The van der Waals surface area contributed by atoms with Crippen LogP contribution in [0.25, 0.3) is 0 Å². The molecule has 1 amide bonds. The van der Waals surface area contributed by atoms with Crippen molar-refractivity contribution in [2.45, 2.75) is 6.42 Å². The molecule has 19 heavy (non-hydrogen) atoms. The number of anilines is 1. The first-order valence-electron chi connectivity index (χ1n) is 5.57. The average Bonchev–Trinajstić information content (AvgIpc) is 2.37. The van der Waals surface area contributed by atoms with Gasteiger partial charge in [-0.2, -0.15) is 0 Å². The van der Waals surface area contributed by atoms with Crippen molar-refractivity contribution in [2.24, 2.45) is 0 Å². The van der Waals surface area contributed by atoms with Crippen LogP contribution in [-0.2, 0) is 11.2 Å². The Hall–Kier alpha value is -2.43. The number of hydrogen-bond donors (Lipinski definition) is 2. The van der Waals surface area contributed by atoms with Crippen LogP contribution in [0.4, 0.5) is 14.5 Å². The number of rotatable bonds is 3. The van der Waals surface area contributed by atoms with Crippen molar-refractivity contribution in [1.29, 1.82) is 0 Å². The molecule has 3 nitrogen and oxygen atoms in total. The molecule has 0 saturated carbocycles. The van der Waals surface area contributed by atoms with Gasteiger partial charge in [-0.05, 0) is 42.0 Å². The van der Waals surface area contributed by atoms with Gasteiger partial charge in [-0.25, -0.2) is 8.78 Å². The molecule has 5 heteroatoms. The second kappa shape index (κ2) is 5.48. The molecule has 0 fully saturated rings. The maximum Gasteiger partial charge on any atom is 0.228 e. The van der Waals surface area contributed by atoms with E-state index in [1.54, 1.807) is 12.1 Å². The number of carbonyl (C=O) groups excluding carboxylic acids is 1. The van der Waals surface area contributed by atoms with Gasteiger partial charge >= 0.3 is 0 Å². The highest BCUT2D eigenvalue weighted by Gasteiger charge is 2.07. The lowest BCUT2D eigenvalue weighted by Crippen LogP contribution is -2.14. The van der Waals surface area contributed by atoms with Crippen molar-refractivity contribution < 1.29 is 18.7 Å². The summed E-state index contributed by atoms with van der Waals surface area (Å²) < 4.78 is 25.7. The van der Waals surface area contributed by atoms with Crippen LogP contribution in [0.15, 0.2) is 42.5 Å². The molecule has 0 spiro atoms. The highest BCUT2D eigenvalue weighted by molar-refractivity contribution is 5.92. The minimum Gasteiger partial charge on any atom is -0.508 e. The molecule has 0 unspecified atom stereocenters. The van der Waals surface area contributed by atoms with Gasteiger partial charge in [0.1, 0.15) is 5.75 Å². The van der Waals surface area contributed by atoms with E-state index < -0.39 is 11.6 Å². The molecule has 2 aromatic carbocycles. The molecule has 2 rings (SSSR count). The Balaban J connectivity index is 2.01. The summed E-state index contributed by atoms with van der Waals surface area (Å²) in [4.78, 5) is 11.7. The Morgan fingerprint density at radius 1 is 1.05 bits per heavy atom. The Morgan fingerprint density at radius 2 is 1.74 bits per heavy atom. The highest BCUT2D eigenvalue weighted by atomic mass is 19.2. The quantitative estimate of drug-likeness (QED) is 0.836. The predicted molar refractivity (Wildman–Crippen MR) is 66.8 cm³/mol. The Labute approximate surface area is 108 Å². The fourth-order valence-corrected chi connectivity index (χ4v) is 1.58. The fourth-order valence-electron chi connectivity index (χ4n) is 1.58. The lowest BCUT2D eigenvalue weighted by molar-refractivity contribution is -0.115. The number of phenolic OH excluding ortho intramolecular Hbond substituents is 1.